The lowest BCUT2D eigenvalue weighted by molar-refractivity contribution is -0.277. The monoisotopic (exact) mass is 1380 g/mol. The van der Waals surface area contributed by atoms with Crippen molar-refractivity contribution in [1.29, 1.82) is 0 Å². The summed E-state index contributed by atoms with van der Waals surface area (Å²) in [6, 6.07) is 25.8. The molecule has 0 bridgehead atoms. The highest BCUT2D eigenvalue weighted by atomic mass is 35.5. The Kier molecular flexibility index (Phi) is 23.4. The highest BCUT2D eigenvalue weighted by Gasteiger charge is 2.46. The van der Waals surface area contributed by atoms with Crippen molar-refractivity contribution in [3.05, 3.63) is 124 Å². The highest BCUT2D eigenvalue weighted by molar-refractivity contribution is 7.16. The number of aliphatic hydroxyl groups excluding tert-OH is 4. The Morgan fingerprint density at radius 1 is 0.740 bits per heavy atom. The molecule has 9 rings (SSSR count). The van der Waals surface area contributed by atoms with E-state index in [2.05, 4.69) is 16.0 Å². The Bertz CT molecular complexity index is 3870. The number of fused-ring (bicyclic) bond motifs is 6. The van der Waals surface area contributed by atoms with Crippen molar-refractivity contribution >= 4 is 121 Å². The quantitative estimate of drug-likeness (QED) is 0.0208. The molecule has 28 heteroatoms. The number of urea groups is 1. The SMILES string of the molecule is CC(C)[C@H](NC(=O)OC(C)(C)C)C(=O)C[C@@H](CCCNC(N)=O)C(=O)Nc1ccc(COC(=O)N(C)CCN(C)C(=O)Oc2cc3c(c4ccccc24)[C@H](CCl)CN3C(=O)c2ccc(C(=O)N3C[C@@H](CCl)c4c3cc(O[C@@H]3O[C@H](CO)[C@H](O)[C@H](O)[C@H]3O)c3ccccc43)s2)cc1. The molecule has 1 aromatic heterocycles. The number of likely N-dealkylation sites (N-methyl/N-ethyl adjacent to an activating group) is 2. The molecule has 5 aromatic carbocycles. The number of nitrogens with one attached hydrogen (secondary N) is 3. The van der Waals surface area contributed by atoms with Crippen molar-refractivity contribution in [3.8, 4) is 11.5 Å². The summed E-state index contributed by atoms with van der Waals surface area (Å²) in [5.41, 5.74) is 7.88. The minimum absolute atomic E-state index is 0.0237. The standard InChI is InChI=1S/C68H80Cl2N8O17S/c1-36(2)56(74-65(88)95-68(3,4)5)48(80)27-38(13-12-24-72-64(71)87)60(84)73-41-20-18-37(19-21-41)35-91-66(89)75(6)25-26-76(7)67(90)94-50-29-47-55(45-17-11-9-15-43(45)50)40(31-70)33-78(47)62(86)53-23-22-52(96-53)61(85)77-32-39(30-69)54-44-16-10-8-14-42(44)49(28-46(54)77)92-63-59(83)58(82)57(81)51(34-79)93-63/h8-11,14-23,28-29,36,38-40,51,56-59,63,79,81-83H,12-13,24-27,30-35H2,1-7H3,(H,73,84)(H,74,88)(H3,71,72,87)/t38-,39-,40-,51-,56+,57+,58+,59-,63-/m1/s1. The Morgan fingerprint density at radius 3 is 1.81 bits per heavy atom. The molecule has 0 spiro atoms. The van der Waals surface area contributed by atoms with Gasteiger partial charge in [0.05, 0.1) is 33.8 Å². The molecule has 25 nitrogen and oxygen atoms in total. The topological polar surface area (TPSA) is 339 Å². The van der Waals surface area contributed by atoms with Crippen LogP contribution in [0.25, 0.3) is 21.5 Å². The molecule has 3 aliphatic heterocycles. The van der Waals surface area contributed by atoms with Crippen LogP contribution < -0.4 is 41.0 Å². The van der Waals surface area contributed by atoms with Gasteiger partial charge in [-0.15, -0.1) is 34.5 Å². The number of amides is 8. The van der Waals surface area contributed by atoms with E-state index in [1.165, 1.54) is 23.9 Å². The van der Waals surface area contributed by atoms with Gasteiger partial charge in [0.25, 0.3) is 11.8 Å². The molecule has 0 radical (unpaired) electrons. The number of thiophene rings is 1. The van der Waals surface area contributed by atoms with Crippen LogP contribution in [0.4, 0.5) is 36.2 Å². The number of benzene rings is 5. The van der Waals surface area contributed by atoms with Crippen molar-refractivity contribution in [1.82, 2.24) is 20.4 Å². The van der Waals surface area contributed by atoms with Crippen LogP contribution in [0.2, 0.25) is 0 Å². The maximum Gasteiger partial charge on any atom is 0.415 e. The first-order valence-corrected chi connectivity index (χ1v) is 33.3. The van der Waals surface area contributed by atoms with Crippen molar-refractivity contribution in [2.75, 3.05) is 80.3 Å². The molecule has 514 valence electrons. The number of nitrogens with two attached hydrogens (primary N) is 1. The fraction of sp³-hybridized carbons (Fsp3) is 0.441. The zero-order valence-electron chi connectivity index (χ0n) is 54.1. The minimum atomic E-state index is -1.70. The van der Waals surface area contributed by atoms with Gasteiger partial charge in [-0.3, -0.25) is 19.2 Å². The molecule has 1 fully saturated rings. The van der Waals surface area contributed by atoms with Crippen LogP contribution in [0, 0.1) is 11.8 Å². The summed E-state index contributed by atoms with van der Waals surface area (Å²) in [7, 11) is 3.02. The molecule has 9 atom stereocenters. The second-order valence-corrected chi connectivity index (χ2v) is 27.0. The molecule has 4 heterocycles. The van der Waals surface area contributed by atoms with Crippen LogP contribution in [-0.2, 0) is 30.4 Å². The van der Waals surface area contributed by atoms with Gasteiger partial charge in [-0.2, -0.15) is 0 Å². The number of primary amides is 1. The fourth-order valence-corrected chi connectivity index (χ4v) is 13.3. The number of ether oxygens (including phenoxy) is 5. The maximum absolute atomic E-state index is 14.8. The lowest BCUT2D eigenvalue weighted by atomic mass is 9.89. The van der Waals surface area contributed by atoms with Gasteiger partial charge < -0.3 is 85.4 Å². The van der Waals surface area contributed by atoms with Crippen molar-refractivity contribution in [2.45, 2.75) is 115 Å². The van der Waals surface area contributed by atoms with Gasteiger partial charge in [-0.05, 0) is 91.3 Å². The number of anilines is 3. The van der Waals surface area contributed by atoms with E-state index in [4.69, 9.17) is 52.6 Å². The van der Waals surface area contributed by atoms with Gasteiger partial charge in [0.15, 0.2) is 5.78 Å². The molecule has 0 saturated carbocycles. The van der Waals surface area contributed by atoms with E-state index in [0.29, 0.717) is 50.6 Å². The van der Waals surface area contributed by atoms with Crippen LogP contribution in [-0.4, -0.2) is 186 Å². The van der Waals surface area contributed by atoms with Gasteiger partial charge in [0.1, 0.15) is 48.1 Å². The van der Waals surface area contributed by atoms with Crippen molar-refractivity contribution in [2.24, 2.45) is 17.6 Å². The van der Waals surface area contributed by atoms with Gasteiger partial charge in [0, 0.05) is 111 Å². The Morgan fingerprint density at radius 2 is 1.28 bits per heavy atom. The summed E-state index contributed by atoms with van der Waals surface area (Å²) in [5, 5.41) is 52.3. The first-order chi connectivity index (χ1) is 45.7. The second-order valence-electron chi connectivity index (χ2n) is 25.3. The summed E-state index contributed by atoms with van der Waals surface area (Å²) in [4.78, 5) is 114. The number of aliphatic hydroxyl groups is 4. The normalized spacial score (nSPS) is 19.6. The van der Waals surface area contributed by atoms with E-state index in [1.807, 2.05) is 24.3 Å². The second kappa shape index (κ2) is 31.2. The van der Waals surface area contributed by atoms with Crippen molar-refractivity contribution < 1.29 is 82.5 Å². The number of hydrogen-bond acceptors (Lipinski definition) is 18. The van der Waals surface area contributed by atoms with Crippen LogP contribution in [0.15, 0.2) is 97.1 Å². The molecule has 96 heavy (non-hydrogen) atoms. The number of halogens is 2. The number of alkyl carbamates (subject to hydrolysis) is 1. The summed E-state index contributed by atoms with van der Waals surface area (Å²) in [5.74, 6) is -2.84. The lowest BCUT2D eigenvalue weighted by Gasteiger charge is -2.39. The largest absolute Gasteiger partial charge is 0.461 e. The summed E-state index contributed by atoms with van der Waals surface area (Å²) in [6.45, 7) is 8.44. The summed E-state index contributed by atoms with van der Waals surface area (Å²) in [6.07, 6.45) is -9.60. The first-order valence-electron chi connectivity index (χ1n) is 31.4. The summed E-state index contributed by atoms with van der Waals surface area (Å²) >= 11 is 14.2. The average Bonchev–Trinajstić information content (AvgIpc) is 1.65. The highest BCUT2D eigenvalue weighted by Crippen LogP contribution is 2.49. The first kappa shape index (κ1) is 71.9. The number of nitrogens with zero attached hydrogens (tertiary/aromatic N) is 4. The molecule has 3 aliphatic rings. The van der Waals surface area contributed by atoms with Crippen LogP contribution in [0.3, 0.4) is 0 Å². The van der Waals surface area contributed by atoms with Crippen molar-refractivity contribution in [3.63, 3.8) is 0 Å². The van der Waals surface area contributed by atoms with Gasteiger partial charge >= 0.3 is 24.3 Å². The number of rotatable bonds is 24. The maximum atomic E-state index is 14.8. The zero-order chi connectivity index (χ0) is 69.4. The third-order valence-corrected chi connectivity index (χ3v) is 18.8. The molecule has 8 amide bonds. The molecule has 1 saturated heterocycles. The Labute approximate surface area is 568 Å². The van der Waals surface area contributed by atoms with Gasteiger partial charge in [-0.25, -0.2) is 19.2 Å². The molecule has 0 unspecified atom stereocenters. The van der Waals surface area contributed by atoms with E-state index in [1.54, 1.807) is 117 Å². The van der Waals surface area contributed by atoms with Crippen LogP contribution >= 0.6 is 34.5 Å². The van der Waals surface area contributed by atoms with E-state index in [0.717, 1.165) is 22.5 Å². The number of hydrogen-bond donors (Lipinski definition) is 8. The molecule has 6 aromatic rings. The number of carbonyl (C=O) groups excluding carboxylic acids is 8. The van der Waals surface area contributed by atoms with Gasteiger partial charge in [0.2, 0.25) is 12.2 Å². The molecule has 9 N–H and O–H groups in total. The predicted octanol–water partition coefficient (Wildman–Crippen LogP) is 8.41. The minimum Gasteiger partial charge on any atom is -0.461 e. The third kappa shape index (κ3) is 16.5. The molecular formula is C68H80Cl2N8O17S. The van der Waals surface area contributed by atoms with E-state index in [9.17, 15) is 58.8 Å². The van der Waals surface area contributed by atoms with E-state index in [-0.39, 0.29) is 109 Å². The molecule has 0 aliphatic carbocycles. The van der Waals surface area contributed by atoms with Crippen LogP contribution in [0.1, 0.15) is 102 Å². The lowest BCUT2D eigenvalue weighted by Crippen LogP contribution is -2.60. The zero-order valence-corrected chi connectivity index (χ0v) is 56.5. The van der Waals surface area contributed by atoms with Crippen LogP contribution in [0.5, 0.6) is 11.5 Å². The fourth-order valence-electron chi connectivity index (χ4n) is 11.9. The predicted molar refractivity (Wildman–Crippen MR) is 361 cm³/mol. The Hall–Kier alpha value is -8.34. The average molecular weight is 1380 g/mol. The number of carbonyl (C=O) groups is 8. The molecular weight excluding hydrogens is 1300 g/mol. The number of ketones is 1. The smallest absolute Gasteiger partial charge is 0.415 e. The summed E-state index contributed by atoms with van der Waals surface area (Å²) < 4.78 is 28.9. The van der Waals surface area contributed by atoms with E-state index >= 15 is 0 Å². The third-order valence-electron chi connectivity index (χ3n) is 16.9. The van der Waals surface area contributed by atoms with E-state index < -0.39 is 96.9 Å². The number of Topliss-reactive ketones (excluding diaryl/α,β-unsaturated/α-hetero) is 1. The Balaban J connectivity index is 0.821. The van der Waals surface area contributed by atoms with Gasteiger partial charge in [-0.1, -0.05) is 74.5 Å². The number of alkyl halides is 2.